The van der Waals surface area contributed by atoms with Crippen LogP contribution in [0.25, 0.3) is 0 Å². The second kappa shape index (κ2) is 9.28. The lowest BCUT2D eigenvalue weighted by molar-refractivity contribution is -0.124. The molecule has 0 radical (unpaired) electrons. The Bertz CT molecular complexity index is 751. The summed E-state index contributed by atoms with van der Waals surface area (Å²) in [6, 6.07) is 12.1. The van der Waals surface area contributed by atoms with Crippen molar-refractivity contribution in [1.29, 1.82) is 0 Å². The summed E-state index contributed by atoms with van der Waals surface area (Å²) in [5.74, 6) is -0.0165. The Labute approximate surface area is 159 Å². The molecule has 3 unspecified atom stereocenters. The van der Waals surface area contributed by atoms with E-state index in [1.165, 1.54) is 0 Å². The van der Waals surface area contributed by atoms with Gasteiger partial charge in [0.2, 0.25) is 5.91 Å². The van der Waals surface area contributed by atoms with Gasteiger partial charge in [0.25, 0.3) is 5.91 Å². The number of benzene rings is 1. The molecule has 0 aliphatic carbocycles. The first-order chi connectivity index (χ1) is 13.1. The molecule has 1 aromatic carbocycles. The van der Waals surface area contributed by atoms with E-state index in [4.69, 9.17) is 0 Å². The lowest BCUT2D eigenvalue weighted by Gasteiger charge is -2.31. The summed E-state index contributed by atoms with van der Waals surface area (Å²) in [6.07, 6.45) is 4.83. The highest BCUT2D eigenvalue weighted by molar-refractivity contribution is 5.97. The van der Waals surface area contributed by atoms with Gasteiger partial charge >= 0.3 is 0 Å². The minimum absolute atomic E-state index is 0.0660. The Morgan fingerprint density at radius 3 is 2.74 bits per heavy atom. The quantitative estimate of drug-likeness (QED) is 0.724. The summed E-state index contributed by atoms with van der Waals surface area (Å²) in [4.78, 5) is 29.6. The summed E-state index contributed by atoms with van der Waals surface area (Å²) < 4.78 is 0. The van der Waals surface area contributed by atoms with Crippen molar-refractivity contribution in [3.8, 4) is 0 Å². The average molecular weight is 366 g/mol. The Balaban J connectivity index is 1.72. The molecule has 1 aliphatic rings. The fraction of sp³-hybridized carbons (Fsp3) is 0.381. The van der Waals surface area contributed by atoms with Crippen molar-refractivity contribution >= 4 is 11.8 Å². The van der Waals surface area contributed by atoms with Crippen molar-refractivity contribution in [2.24, 2.45) is 5.92 Å². The van der Waals surface area contributed by atoms with Gasteiger partial charge in [0.15, 0.2) is 0 Å². The first-order valence-corrected chi connectivity index (χ1v) is 9.39. The molecule has 27 heavy (non-hydrogen) atoms. The van der Waals surface area contributed by atoms with Gasteiger partial charge in [0.05, 0.1) is 0 Å². The maximum Gasteiger partial charge on any atom is 0.251 e. The molecule has 0 saturated carbocycles. The molecule has 1 aliphatic heterocycles. The van der Waals surface area contributed by atoms with E-state index in [-0.39, 0.29) is 17.9 Å². The zero-order chi connectivity index (χ0) is 19.1. The lowest BCUT2D eigenvalue weighted by atomic mass is 9.94. The minimum atomic E-state index is -0.656. The predicted octanol–water partition coefficient (Wildman–Crippen LogP) is 1.54. The maximum absolute atomic E-state index is 13.0. The molecule has 6 nitrogen and oxygen atoms in total. The van der Waals surface area contributed by atoms with E-state index in [0.717, 1.165) is 25.1 Å². The predicted molar refractivity (Wildman–Crippen MR) is 104 cm³/mol. The number of hydrogen-bond acceptors (Lipinski definition) is 4. The molecule has 6 heteroatoms. The number of amides is 2. The third-order valence-corrected chi connectivity index (χ3v) is 4.98. The molecule has 3 N–H and O–H groups in total. The summed E-state index contributed by atoms with van der Waals surface area (Å²) >= 11 is 0. The number of hydrogen-bond donors (Lipinski definition) is 3. The summed E-state index contributed by atoms with van der Waals surface area (Å²) in [7, 11) is 0. The topological polar surface area (TPSA) is 83.1 Å². The van der Waals surface area contributed by atoms with Gasteiger partial charge in [0, 0.05) is 37.0 Å². The molecule has 0 spiro atoms. The van der Waals surface area contributed by atoms with Gasteiger partial charge < -0.3 is 16.0 Å². The van der Waals surface area contributed by atoms with Crippen molar-refractivity contribution in [2.75, 3.05) is 13.1 Å². The third-order valence-electron chi connectivity index (χ3n) is 4.98. The molecule has 1 fully saturated rings. The van der Waals surface area contributed by atoms with E-state index in [9.17, 15) is 9.59 Å². The molecule has 3 rings (SSSR count). The van der Waals surface area contributed by atoms with Crippen LogP contribution in [0.5, 0.6) is 0 Å². The van der Waals surface area contributed by atoms with Crippen LogP contribution in [0.3, 0.4) is 0 Å². The van der Waals surface area contributed by atoms with Crippen LogP contribution in [0.1, 0.15) is 29.3 Å². The number of rotatable bonds is 6. The van der Waals surface area contributed by atoms with Crippen molar-refractivity contribution in [3.63, 3.8) is 0 Å². The summed E-state index contributed by atoms with van der Waals surface area (Å²) in [5, 5.41) is 9.31. The largest absolute Gasteiger partial charge is 0.350 e. The molecule has 2 heterocycles. The molecule has 2 aromatic rings. The monoisotopic (exact) mass is 366 g/mol. The van der Waals surface area contributed by atoms with Crippen molar-refractivity contribution in [3.05, 3.63) is 66.0 Å². The Morgan fingerprint density at radius 1 is 1.22 bits per heavy atom. The number of pyridine rings is 1. The van der Waals surface area contributed by atoms with Crippen LogP contribution in [-0.2, 0) is 11.2 Å². The van der Waals surface area contributed by atoms with Crippen LogP contribution in [0.2, 0.25) is 0 Å². The number of nitrogens with one attached hydrogen (secondary N) is 3. The zero-order valence-electron chi connectivity index (χ0n) is 15.5. The number of carbonyl (C=O) groups is 2. The van der Waals surface area contributed by atoms with Crippen molar-refractivity contribution in [2.45, 2.75) is 31.8 Å². The third kappa shape index (κ3) is 5.37. The van der Waals surface area contributed by atoms with E-state index >= 15 is 0 Å². The van der Waals surface area contributed by atoms with Crippen LogP contribution >= 0.6 is 0 Å². The lowest BCUT2D eigenvalue weighted by Crippen LogP contribution is -2.56. The Kier molecular flexibility index (Phi) is 6.54. The zero-order valence-corrected chi connectivity index (χ0v) is 15.5. The number of aromatic nitrogens is 1. The highest BCUT2D eigenvalue weighted by Crippen LogP contribution is 2.12. The fourth-order valence-electron chi connectivity index (χ4n) is 3.26. The molecule has 1 saturated heterocycles. The molecule has 0 bridgehead atoms. The van der Waals surface area contributed by atoms with Gasteiger partial charge in [-0.3, -0.25) is 14.6 Å². The van der Waals surface area contributed by atoms with Crippen LogP contribution in [0, 0.1) is 5.92 Å². The fourth-order valence-corrected chi connectivity index (χ4v) is 3.26. The normalized spacial score (nSPS) is 20.5. The van der Waals surface area contributed by atoms with Crippen LogP contribution in [0.4, 0.5) is 0 Å². The van der Waals surface area contributed by atoms with Crippen LogP contribution < -0.4 is 16.0 Å². The number of piperidine rings is 1. The van der Waals surface area contributed by atoms with E-state index in [1.54, 1.807) is 36.7 Å². The standard InChI is InChI=1S/C21H26N4O2/c1-15-9-11-23-14-19(15)25-21(27)18(12-16-6-5-10-22-13-16)24-20(26)17-7-3-2-4-8-17/h2-8,10,13,15,18-19,23H,9,11-12,14H2,1H3,(H,24,26)(H,25,27). The molecule has 3 atom stereocenters. The van der Waals surface area contributed by atoms with Crippen LogP contribution in [0.15, 0.2) is 54.9 Å². The summed E-state index contributed by atoms with van der Waals surface area (Å²) in [6.45, 7) is 3.86. The molecule has 142 valence electrons. The highest BCUT2D eigenvalue weighted by atomic mass is 16.2. The van der Waals surface area contributed by atoms with Gasteiger partial charge in [0.1, 0.15) is 6.04 Å². The smallest absolute Gasteiger partial charge is 0.251 e. The Hall–Kier alpha value is -2.73. The second-order valence-electron chi connectivity index (χ2n) is 7.04. The average Bonchev–Trinajstić information content (AvgIpc) is 2.70. The van der Waals surface area contributed by atoms with Gasteiger partial charge in [-0.2, -0.15) is 0 Å². The first-order valence-electron chi connectivity index (χ1n) is 9.39. The molecular weight excluding hydrogens is 340 g/mol. The van der Waals surface area contributed by atoms with E-state index in [1.807, 2.05) is 18.2 Å². The second-order valence-corrected chi connectivity index (χ2v) is 7.04. The van der Waals surface area contributed by atoms with E-state index in [0.29, 0.717) is 17.9 Å². The molecule has 2 amide bonds. The first kappa shape index (κ1) is 19.0. The van der Waals surface area contributed by atoms with Gasteiger partial charge in [-0.05, 0) is 42.6 Å². The maximum atomic E-state index is 13.0. The van der Waals surface area contributed by atoms with Gasteiger partial charge in [-0.25, -0.2) is 0 Å². The van der Waals surface area contributed by atoms with Crippen LogP contribution in [-0.4, -0.2) is 42.0 Å². The molecular formula is C21H26N4O2. The minimum Gasteiger partial charge on any atom is -0.350 e. The van der Waals surface area contributed by atoms with E-state index in [2.05, 4.69) is 27.9 Å². The summed E-state index contributed by atoms with van der Waals surface area (Å²) in [5.41, 5.74) is 1.44. The van der Waals surface area contributed by atoms with Gasteiger partial charge in [-0.15, -0.1) is 0 Å². The highest BCUT2D eigenvalue weighted by Gasteiger charge is 2.27. The van der Waals surface area contributed by atoms with Crippen molar-refractivity contribution in [1.82, 2.24) is 20.9 Å². The number of carbonyl (C=O) groups excluding carboxylic acids is 2. The van der Waals surface area contributed by atoms with Gasteiger partial charge in [-0.1, -0.05) is 31.2 Å². The Morgan fingerprint density at radius 2 is 2.04 bits per heavy atom. The van der Waals surface area contributed by atoms with E-state index < -0.39 is 6.04 Å². The van der Waals surface area contributed by atoms with Crippen molar-refractivity contribution < 1.29 is 9.59 Å². The molecule has 1 aromatic heterocycles. The number of nitrogens with zero attached hydrogens (tertiary/aromatic N) is 1. The SMILES string of the molecule is CC1CCNCC1NC(=O)C(Cc1cccnc1)NC(=O)c1ccccc1.